The number of hydrogen-bond donors (Lipinski definition) is 2. The molecule has 1 heterocycles. The average molecular weight is 340 g/mol. The van der Waals surface area contributed by atoms with Crippen LogP contribution >= 0.6 is 0 Å². The fourth-order valence-corrected chi connectivity index (χ4v) is 3.60. The molecule has 1 aromatic carbocycles. The molecular weight excluding hydrogens is 316 g/mol. The van der Waals surface area contributed by atoms with E-state index in [-0.39, 0.29) is 5.78 Å². The maximum absolute atomic E-state index is 12.8. The molecule has 2 aromatic rings. The number of aromatic amines is 1. The number of esters is 1. The number of benzene rings is 1. The number of carbonyl (C=O) groups excluding carboxylic acids is 2. The van der Waals surface area contributed by atoms with E-state index >= 15 is 0 Å². The van der Waals surface area contributed by atoms with Gasteiger partial charge in [-0.3, -0.25) is 4.79 Å². The molecule has 132 valence electrons. The van der Waals surface area contributed by atoms with Crippen molar-refractivity contribution in [2.75, 3.05) is 12.4 Å². The molecule has 0 spiro atoms. The summed E-state index contributed by atoms with van der Waals surface area (Å²) in [5, 5.41) is 3.28. The largest absolute Gasteiger partial charge is 0.465 e. The first-order chi connectivity index (χ1) is 11.9. The van der Waals surface area contributed by atoms with E-state index in [9.17, 15) is 9.59 Å². The van der Waals surface area contributed by atoms with Gasteiger partial charge in [-0.2, -0.15) is 0 Å². The van der Waals surface area contributed by atoms with Crippen LogP contribution in [0.15, 0.2) is 18.2 Å². The number of H-pyrrole nitrogens is 1. The third-order valence-corrected chi connectivity index (χ3v) is 4.95. The van der Waals surface area contributed by atoms with Crippen LogP contribution in [0.2, 0.25) is 0 Å². The maximum Gasteiger partial charge on any atom is 0.339 e. The molecule has 0 fully saturated rings. The number of anilines is 1. The molecular formula is C20H24N2O3. The Labute approximate surface area is 147 Å². The van der Waals surface area contributed by atoms with Gasteiger partial charge in [0.05, 0.1) is 24.4 Å². The molecule has 0 bridgehead atoms. The number of fused-ring (bicyclic) bond motifs is 1. The Balaban J connectivity index is 1.80. The summed E-state index contributed by atoms with van der Waals surface area (Å²) >= 11 is 0. The van der Waals surface area contributed by atoms with Crippen LogP contribution in [0.3, 0.4) is 0 Å². The molecule has 25 heavy (non-hydrogen) atoms. The van der Waals surface area contributed by atoms with E-state index in [1.807, 2.05) is 13.0 Å². The van der Waals surface area contributed by atoms with Crippen molar-refractivity contribution in [1.29, 1.82) is 0 Å². The zero-order valence-electron chi connectivity index (χ0n) is 15.2. The van der Waals surface area contributed by atoms with Gasteiger partial charge in [-0.15, -0.1) is 0 Å². The highest BCUT2D eigenvalue weighted by Gasteiger charge is 2.25. The van der Waals surface area contributed by atoms with Crippen LogP contribution in [0.5, 0.6) is 0 Å². The first-order valence-electron chi connectivity index (χ1n) is 8.62. The maximum atomic E-state index is 12.8. The van der Waals surface area contributed by atoms with Gasteiger partial charge in [-0.05, 0) is 68.9 Å². The number of hydrogen-bond acceptors (Lipinski definition) is 4. The summed E-state index contributed by atoms with van der Waals surface area (Å²) < 4.78 is 4.80. The lowest BCUT2D eigenvalue weighted by molar-refractivity contribution is 0.0599. The standard InChI is InChI=1S/C20H24N2O3/c1-11-17(20(24)25-4)12(2)22-18(11)19(23)13(3)21-16-9-8-14-6-5-7-15(14)10-16/h8-10,13,21-22H,5-7H2,1-4H3. The molecule has 0 amide bonds. The zero-order valence-corrected chi connectivity index (χ0v) is 15.2. The van der Waals surface area contributed by atoms with Gasteiger partial charge in [-0.25, -0.2) is 4.79 Å². The van der Waals surface area contributed by atoms with E-state index in [0.29, 0.717) is 22.5 Å². The number of nitrogens with one attached hydrogen (secondary N) is 2. The summed E-state index contributed by atoms with van der Waals surface area (Å²) in [6.07, 6.45) is 3.44. The number of Topliss-reactive ketones (excluding diaryl/α,β-unsaturated/α-hetero) is 1. The van der Waals surface area contributed by atoms with Crippen molar-refractivity contribution in [1.82, 2.24) is 4.98 Å². The minimum atomic E-state index is -0.426. The van der Waals surface area contributed by atoms with Gasteiger partial charge in [0.25, 0.3) is 0 Å². The van der Waals surface area contributed by atoms with Crippen molar-refractivity contribution in [3.8, 4) is 0 Å². The minimum Gasteiger partial charge on any atom is -0.465 e. The third kappa shape index (κ3) is 3.18. The number of rotatable bonds is 5. The summed E-state index contributed by atoms with van der Waals surface area (Å²) in [7, 11) is 1.34. The number of ether oxygens (including phenoxy) is 1. The lowest BCUT2D eigenvalue weighted by Crippen LogP contribution is -2.27. The molecule has 1 aromatic heterocycles. The lowest BCUT2D eigenvalue weighted by Gasteiger charge is -2.15. The monoisotopic (exact) mass is 340 g/mol. The molecule has 0 saturated heterocycles. The molecule has 1 atom stereocenters. The number of aryl methyl sites for hydroxylation is 3. The first kappa shape index (κ1) is 17.3. The van der Waals surface area contributed by atoms with Gasteiger partial charge in [0, 0.05) is 11.4 Å². The summed E-state index contributed by atoms with van der Waals surface area (Å²) in [6.45, 7) is 5.38. The van der Waals surface area contributed by atoms with E-state index in [1.165, 1.54) is 24.7 Å². The Morgan fingerprint density at radius 2 is 1.92 bits per heavy atom. The smallest absolute Gasteiger partial charge is 0.339 e. The normalized spacial score (nSPS) is 14.1. The summed E-state index contributed by atoms with van der Waals surface area (Å²) in [5.41, 5.74) is 5.91. The Bertz CT molecular complexity index is 836. The van der Waals surface area contributed by atoms with Gasteiger partial charge >= 0.3 is 5.97 Å². The number of methoxy groups -OCH3 is 1. The Hall–Kier alpha value is -2.56. The SMILES string of the molecule is COC(=O)c1c(C)[nH]c(C(=O)C(C)Nc2ccc3c(c2)CCC3)c1C. The number of ketones is 1. The predicted molar refractivity (Wildman–Crippen MR) is 97.5 cm³/mol. The molecule has 1 aliphatic carbocycles. The quantitative estimate of drug-likeness (QED) is 0.644. The second kappa shape index (κ2) is 6.75. The lowest BCUT2D eigenvalue weighted by atomic mass is 10.0. The van der Waals surface area contributed by atoms with Crippen molar-refractivity contribution in [2.45, 2.75) is 46.1 Å². The van der Waals surface area contributed by atoms with Crippen molar-refractivity contribution in [3.63, 3.8) is 0 Å². The second-order valence-corrected chi connectivity index (χ2v) is 6.68. The van der Waals surface area contributed by atoms with Crippen LogP contribution < -0.4 is 5.32 Å². The number of carbonyl (C=O) groups is 2. The van der Waals surface area contributed by atoms with Gasteiger partial charge in [-0.1, -0.05) is 6.07 Å². The highest BCUT2D eigenvalue weighted by molar-refractivity contribution is 6.04. The second-order valence-electron chi connectivity index (χ2n) is 6.68. The summed E-state index contributed by atoms with van der Waals surface area (Å²) in [5.74, 6) is -0.499. The zero-order chi connectivity index (χ0) is 18.1. The van der Waals surface area contributed by atoms with Crippen LogP contribution in [-0.2, 0) is 17.6 Å². The first-order valence-corrected chi connectivity index (χ1v) is 8.62. The highest BCUT2D eigenvalue weighted by Crippen LogP contribution is 2.26. The van der Waals surface area contributed by atoms with Crippen LogP contribution in [0.25, 0.3) is 0 Å². The van der Waals surface area contributed by atoms with Crippen molar-refractivity contribution >= 4 is 17.4 Å². The predicted octanol–water partition coefficient (Wildman–Crippen LogP) is 3.59. The van der Waals surface area contributed by atoms with E-state index < -0.39 is 12.0 Å². The van der Waals surface area contributed by atoms with Crippen LogP contribution in [0.1, 0.15) is 56.6 Å². The Morgan fingerprint density at radius 3 is 2.64 bits per heavy atom. The van der Waals surface area contributed by atoms with Crippen LogP contribution in [0, 0.1) is 13.8 Å². The molecule has 0 radical (unpaired) electrons. The minimum absolute atomic E-state index is 0.0729. The topological polar surface area (TPSA) is 71.2 Å². The van der Waals surface area contributed by atoms with Crippen molar-refractivity contribution in [2.24, 2.45) is 0 Å². The molecule has 0 aliphatic heterocycles. The molecule has 5 nitrogen and oxygen atoms in total. The van der Waals surface area contributed by atoms with Gasteiger partial charge in [0.2, 0.25) is 5.78 Å². The Kier molecular flexibility index (Phi) is 4.66. The molecule has 3 rings (SSSR count). The molecule has 0 saturated carbocycles. The van der Waals surface area contributed by atoms with Gasteiger partial charge in [0.1, 0.15) is 0 Å². The fraction of sp³-hybridized carbons (Fsp3) is 0.400. The molecule has 1 aliphatic rings. The Morgan fingerprint density at radius 1 is 1.20 bits per heavy atom. The fourth-order valence-electron chi connectivity index (χ4n) is 3.60. The van der Waals surface area contributed by atoms with E-state index in [2.05, 4.69) is 22.4 Å². The molecule has 1 unspecified atom stereocenters. The van der Waals surface area contributed by atoms with Crippen LogP contribution in [0.4, 0.5) is 5.69 Å². The van der Waals surface area contributed by atoms with E-state index in [1.54, 1.807) is 13.8 Å². The van der Waals surface area contributed by atoms with Crippen molar-refractivity contribution in [3.05, 3.63) is 51.8 Å². The van der Waals surface area contributed by atoms with Gasteiger partial charge < -0.3 is 15.0 Å². The molecule has 5 heteroatoms. The highest BCUT2D eigenvalue weighted by atomic mass is 16.5. The third-order valence-electron chi connectivity index (χ3n) is 4.95. The number of aromatic nitrogens is 1. The van der Waals surface area contributed by atoms with Gasteiger partial charge in [0.15, 0.2) is 0 Å². The summed E-state index contributed by atoms with van der Waals surface area (Å²) in [4.78, 5) is 27.8. The van der Waals surface area contributed by atoms with E-state index in [0.717, 1.165) is 18.5 Å². The van der Waals surface area contributed by atoms with Crippen molar-refractivity contribution < 1.29 is 14.3 Å². The summed E-state index contributed by atoms with van der Waals surface area (Å²) in [6, 6.07) is 5.91. The average Bonchev–Trinajstić information content (AvgIpc) is 3.17. The van der Waals surface area contributed by atoms with E-state index in [4.69, 9.17) is 4.74 Å². The molecule has 2 N–H and O–H groups in total. The van der Waals surface area contributed by atoms with Crippen LogP contribution in [-0.4, -0.2) is 29.9 Å².